The zero-order valence-corrected chi connectivity index (χ0v) is 15.8. The van der Waals surface area contributed by atoms with Crippen molar-refractivity contribution in [1.82, 2.24) is 10.4 Å². The SMILES string of the molecule is CCSP(=O)(NC(C)(C)C)SCC(=NOC)OC(=O)NC. The largest absolute Gasteiger partial charge is 0.413 e. The van der Waals surface area contributed by atoms with E-state index >= 15 is 0 Å². The molecule has 0 bridgehead atoms. The Morgan fingerprint density at radius 2 is 1.95 bits per heavy atom. The molecule has 1 amide bonds. The molecule has 0 radical (unpaired) electrons. The number of nitrogens with one attached hydrogen (secondary N) is 2. The Kier molecular flexibility index (Phi) is 9.44. The molecule has 21 heavy (non-hydrogen) atoms. The summed E-state index contributed by atoms with van der Waals surface area (Å²) < 4.78 is 17.8. The van der Waals surface area contributed by atoms with Gasteiger partial charge in [-0.3, -0.25) is 4.57 Å². The predicted molar refractivity (Wildman–Crippen MR) is 91.1 cm³/mol. The summed E-state index contributed by atoms with van der Waals surface area (Å²) in [7, 11) is 2.80. The normalized spacial score (nSPS) is 15.2. The predicted octanol–water partition coefficient (Wildman–Crippen LogP) is 3.28. The number of hydrogen-bond donors (Lipinski definition) is 2. The fourth-order valence-electron chi connectivity index (χ4n) is 1.16. The zero-order valence-electron chi connectivity index (χ0n) is 13.3. The quantitative estimate of drug-likeness (QED) is 0.313. The van der Waals surface area contributed by atoms with Gasteiger partial charge in [-0.15, -0.1) is 0 Å². The van der Waals surface area contributed by atoms with Crippen LogP contribution in [0.25, 0.3) is 0 Å². The van der Waals surface area contributed by atoms with Gasteiger partial charge in [0.25, 0.3) is 5.70 Å². The molecule has 2 N–H and O–H groups in total. The topological polar surface area (TPSA) is 89.0 Å². The van der Waals surface area contributed by atoms with Crippen LogP contribution < -0.4 is 10.4 Å². The molecule has 0 saturated heterocycles. The Morgan fingerprint density at radius 3 is 2.38 bits per heavy atom. The van der Waals surface area contributed by atoms with E-state index in [1.54, 1.807) is 0 Å². The van der Waals surface area contributed by atoms with Crippen LogP contribution in [0.2, 0.25) is 0 Å². The third-order valence-electron chi connectivity index (χ3n) is 1.74. The van der Waals surface area contributed by atoms with E-state index in [1.807, 2.05) is 27.7 Å². The van der Waals surface area contributed by atoms with Gasteiger partial charge in [-0.25, -0.2) is 9.88 Å². The first kappa shape index (κ1) is 20.6. The van der Waals surface area contributed by atoms with Crippen LogP contribution in [-0.4, -0.2) is 43.2 Å². The molecule has 0 aromatic rings. The van der Waals surface area contributed by atoms with Crippen LogP contribution in [0.15, 0.2) is 5.16 Å². The van der Waals surface area contributed by atoms with Crippen molar-refractivity contribution in [2.75, 3.05) is 25.7 Å². The highest BCUT2D eigenvalue weighted by atomic mass is 33.1. The monoisotopic (exact) mass is 357 g/mol. The van der Waals surface area contributed by atoms with Gasteiger partial charge in [-0.1, -0.05) is 34.8 Å². The van der Waals surface area contributed by atoms with E-state index in [0.717, 1.165) is 0 Å². The Hall–Kier alpha value is -0.370. The van der Waals surface area contributed by atoms with Crippen molar-refractivity contribution in [3.8, 4) is 0 Å². The average molecular weight is 357 g/mol. The lowest BCUT2D eigenvalue weighted by atomic mass is 10.1. The summed E-state index contributed by atoms with van der Waals surface area (Å²) in [4.78, 5) is 15.8. The van der Waals surface area contributed by atoms with E-state index in [0.29, 0.717) is 5.75 Å². The third kappa shape index (κ3) is 10.1. The maximum atomic E-state index is 12.9. The Morgan fingerprint density at radius 1 is 1.33 bits per heavy atom. The molecule has 1 atom stereocenters. The summed E-state index contributed by atoms with van der Waals surface area (Å²) >= 11 is 2.51. The molecule has 124 valence electrons. The molecular formula is C11H24N3O4PS2. The van der Waals surface area contributed by atoms with Crippen LogP contribution >= 0.6 is 28.5 Å². The minimum Gasteiger partial charge on any atom is -0.396 e. The number of nitrogens with zero attached hydrogens (tertiary/aromatic N) is 1. The molecule has 0 fully saturated rings. The lowest BCUT2D eigenvalue weighted by molar-refractivity contribution is 0.180. The number of rotatable bonds is 7. The molecule has 0 saturated carbocycles. The number of alkyl carbamates (subject to hydrolysis) is 1. The van der Waals surface area contributed by atoms with Crippen LogP contribution in [0.4, 0.5) is 4.79 Å². The average Bonchev–Trinajstić information content (AvgIpc) is 2.34. The van der Waals surface area contributed by atoms with Crippen LogP contribution in [0, 0.1) is 0 Å². The smallest absolute Gasteiger partial charge is 0.396 e. The van der Waals surface area contributed by atoms with E-state index in [-0.39, 0.29) is 17.2 Å². The maximum absolute atomic E-state index is 12.9. The summed E-state index contributed by atoms with van der Waals surface area (Å²) in [5.41, 5.74) is -3.02. The minimum absolute atomic E-state index is 0.0643. The van der Waals surface area contributed by atoms with E-state index in [4.69, 9.17) is 4.74 Å². The van der Waals surface area contributed by atoms with E-state index in [2.05, 4.69) is 20.4 Å². The van der Waals surface area contributed by atoms with Crippen molar-refractivity contribution in [3.05, 3.63) is 0 Å². The first-order chi connectivity index (χ1) is 9.65. The van der Waals surface area contributed by atoms with Crippen molar-refractivity contribution in [1.29, 1.82) is 0 Å². The van der Waals surface area contributed by atoms with Gasteiger partial charge in [-0.05, 0) is 26.5 Å². The van der Waals surface area contributed by atoms with Crippen LogP contribution in [-0.2, 0) is 14.1 Å². The number of hydrogen-bond acceptors (Lipinski definition) is 7. The first-order valence-corrected chi connectivity index (χ1v) is 11.2. The van der Waals surface area contributed by atoms with Gasteiger partial charge >= 0.3 is 6.09 Å². The first-order valence-electron chi connectivity index (χ1n) is 6.34. The van der Waals surface area contributed by atoms with Crippen LogP contribution in [0.3, 0.4) is 0 Å². The Balaban J connectivity index is 4.81. The lowest BCUT2D eigenvalue weighted by Gasteiger charge is -2.27. The van der Waals surface area contributed by atoms with Gasteiger partial charge in [0.1, 0.15) is 7.11 Å². The molecule has 1 unspecified atom stereocenters. The molecular weight excluding hydrogens is 333 g/mol. The highest BCUT2D eigenvalue weighted by molar-refractivity contribution is 8.90. The van der Waals surface area contributed by atoms with Gasteiger partial charge in [-0.2, -0.15) is 0 Å². The van der Waals surface area contributed by atoms with Crippen molar-refractivity contribution in [2.24, 2.45) is 5.16 Å². The molecule has 10 heteroatoms. The Labute approximate surface area is 134 Å². The van der Waals surface area contributed by atoms with Gasteiger partial charge in [0.15, 0.2) is 0 Å². The van der Waals surface area contributed by atoms with Crippen LogP contribution in [0.5, 0.6) is 0 Å². The van der Waals surface area contributed by atoms with Gasteiger partial charge in [0.05, 0.1) is 5.75 Å². The number of amides is 1. The number of ether oxygens (including phenoxy) is 1. The molecule has 0 rings (SSSR count). The van der Waals surface area contributed by atoms with Crippen molar-refractivity contribution in [2.45, 2.75) is 33.2 Å². The second kappa shape index (κ2) is 9.61. The van der Waals surface area contributed by atoms with Crippen molar-refractivity contribution >= 4 is 40.5 Å². The van der Waals surface area contributed by atoms with E-state index < -0.39 is 11.8 Å². The molecule has 0 aliphatic heterocycles. The van der Waals surface area contributed by atoms with E-state index in [9.17, 15) is 9.36 Å². The second-order valence-corrected chi connectivity index (χ2v) is 12.8. The highest BCUT2D eigenvalue weighted by Crippen LogP contribution is 2.66. The third-order valence-corrected chi connectivity index (χ3v) is 9.64. The molecule has 0 aromatic carbocycles. The summed E-state index contributed by atoms with van der Waals surface area (Å²) in [6.07, 6.45) is -0.645. The van der Waals surface area contributed by atoms with Crippen LogP contribution in [0.1, 0.15) is 27.7 Å². The standard InChI is InChI=1S/C11H24N3O4PS2/c1-7-20-19(16,14-11(2,3)4)21-8-9(13-17-6)18-10(15)12-5/h7-8H2,1-6H3,(H,12,15)(H,14,16). The molecule has 0 spiro atoms. The fraction of sp³-hybridized carbons (Fsp3) is 0.818. The number of carbonyl (C=O) groups is 1. The summed E-state index contributed by atoms with van der Waals surface area (Å²) in [5.74, 6) is 0.934. The van der Waals surface area contributed by atoms with Gasteiger partial charge < -0.3 is 14.9 Å². The number of oxime groups is 1. The molecule has 7 nitrogen and oxygen atoms in total. The summed E-state index contributed by atoms with van der Waals surface area (Å²) in [6, 6.07) is 0. The fourth-order valence-corrected chi connectivity index (χ4v) is 9.12. The zero-order chi connectivity index (χ0) is 16.5. The number of carbonyl (C=O) groups excluding carboxylic acids is 1. The van der Waals surface area contributed by atoms with Crippen molar-refractivity contribution in [3.63, 3.8) is 0 Å². The van der Waals surface area contributed by atoms with Gasteiger partial charge in [0.2, 0.25) is 5.90 Å². The second-order valence-electron chi connectivity index (χ2n) is 4.86. The van der Waals surface area contributed by atoms with E-state index in [1.165, 1.54) is 36.9 Å². The van der Waals surface area contributed by atoms with Gasteiger partial charge in [0, 0.05) is 12.6 Å². The highest BCUT2D eigenvalue weighted by Gasteiger charge is 2.29. The summed E-state index contributed by atoms with van der Waals surface area (Å²) in [5, 5.41) is 9.07. The molecule has 0 aliphatic rings. The maximum Gasteiger partial charge on any atom is 0.413 e. The molecule has 0 aliphatic carbocycles. The minimum atomic E-state index is -2.74. The lowest BCUT2D eigenvalue weighted by Crippen LogP contribution is -2.32. The van der Waals surface area contributed by atoms with Crippen molar-refractivity contribution < 1.29 is 18.9 Å². The summed E-state index contributed by atoms with van der Waals surface area (Å²) in [6.45, 7) is 7.78. The molecule has 0 heterocycles. The Bertz CT molecular complexity index is 413. The molecule has 0 aromatic heterocycles.